The number of amides is 1. The van der Waals surface area contributed by atoms with E-state index in [0.717, 1.165) is 24.2 Å². The average molecular weight is 521 g/mol. The van der Waals surface area contributed by atoms with Crippen LogP contribution in [0.15, 0.2) is 106 Å². The second kappa shape index (κ2) is 10.3. The monoisotopic (exact) mass is 520 g/mol. The van der Waals surface area contributed by atoms with Crippen LogP contribution in [0.3, 0.4) is 0 Å². The molecule has 1 fully saturated rings. The summed E-state index contributed by atoms with van der Waals surface area (Å²) < 4.78 is 2.26. The van der Waals surface area contributed by atoms with Crippen LogP contribution in [0.25, 0.3) is 6.08 Å². The number of carbonyl (C=O) groups is 1. The molecule has 6 nitrogen and oxygen atoms in total. The number of thiazole rings is 1. The van der Waals surface area contributed by atoms with Crippen LogP contribution in [0.2, 0.25) is 0 Å². The minimum absolute atomic E-state index is 0.149. The number of nitrogens with zero attached hydrogens (tertiary/aromatic N) is 3. The molecule has 0 spiro atoms. The largest absolute Gasteiger partial charge is 0.372 e. The van der Waals surface area contributed by atoms with Gasteiger partial charge in [0.1, 0.15) is 0 Å². The molecule has 0 unspecified atom stereocenters. The Labute approximate surface area is 224 Å². The van der Waals surface area contributed by atoms with Gasteiger partial charge in [-0.15, -0.1) is 0 Å². The number of benzene rings is 3. The van der Waals surface area contributed by atoms with Gasteiger partial charge < -0.3 is 10.2 Å². The van der Waals surface area contributed by atoms with Crippen LogP contribution >= 0.6 is 11.3 Å². The molecule has 7 heteroatoms. The second-order valence-electron chi connectivity index (χ2n) is 9.60. The van der Waals surface area contributed by atoms with Crippen molar-refractivity contribution in [3.8, 4) is 0 Å². The highest BCUT2D eigenvalue weighted by Crippen LogP contribution is 2.30. The first-order valence-corrected chi connectivity index (χ1v) is 13.7. The van der Waals surface area contributed by atoms with Crippen molar-refractivity contribution < 1.29 is 4.79 Å². The summed E-state index contributed by atoms with van der Waals surface area (Å²) in [5.74, 6) is -0.266. The van der Waals surface area contributed by atoms with Crippen molar-refractivity contribution in [1.29, 1.82) is 0 Å². The molecule has 190 valence electrons. The molecule has 1 aromatic heterocycles. The van der Waals surface area contributed by atoms with Gasteiger partial charge in [-0.25, -0.2) is 4.99 Å². The number of fused-ring (bicyclic) bond motifs is 1. The van der Waals surface area contributed by atoms with Crippen LogP contribution in [0.5, 0.6) is 0 Å². The highest BCUT2D eigenvalue weighted by molar-refractivity contribution is 7.07. The summed E-state index contributed by atoms with van der Waals surface area (Å²) in [6, 6.07) is 26.8. The Morgan fingerprint density at radius 1 is 0.947 bits per heavy atom. The smallest absolute Gasteiger partial charge is 0.271 e. The number of anilines is 2. The normalized spacial score (nSPS) is 17.3. The van der Waals surface area contributed by atoms with E-state index in [-0.39, 0.29) is 11.5 Å². The molecule has 1 atom stereocenters. The highest BCUT2D eigenvalue weighted by Gasteiger charge is 2.32. The van der Waals surface area contributed by atoms with Gasteiger partial charge in [0, 0.05) is 24.5 Å². The topological polar surface area (TPSA) is 66.7 Å². The zero-order chi connectivity index (χ0) is 26.1. The SMILES string of the molecule is CC1=C(C(=O)Nc2ccccc2)[C@H](c2ccccc2)n2c(s/c(=C/c3ccc(N4CCCC4)cc3)c2=O)=N1. The van der Waals surface area contributed by atoms with Crippen molar-refractivity contribution in [2.24, 2.45) is 4.99 Å². The molecule has 1 N–H and O–H groups in total. The standard InChI is InChI=1S/C31H28N4O2S/c1-21-27(29(36)33-24-12-6-3-7-13-24)28(23-10-4-2-5-11-23)35-30(37)26(38-31(35)32-21)20-22-14-16-25(17-15-22)34-18-8-9-19-34/h2-7,10-17,20,28H,8-9,18-19H2,1H3,(H,33,36)/b26-20+/t28-/m0/s1. The zero-order valence-corrected chi connectivity index (χ0v) is 21.9. The molecule has 2 aliphatic rings. The Kier molecular flexibility index (Phi) is 6.52. The summed E-state index contributed by atoms with van der Waals surface area (Å²) in [5.41, 5.74) is 4.66. The van der Waals surface area contributed by atoms with Crippen molar-refractivity contribution in [2.45, 2.75) is 25.8 Å². The number of hydrogen-bond donors (Lipinski definition) is 1. The number of nitrogens with one attached hydrogen (secondary N) is 1. The Morgan fingerprint density at radius 3 is 2.29 bits per heavy atom. The van der Waals surface area contributed by atoms with E-state index < -0.39 is 6.04 Å². The lowest BCUT2D eigenvalue weighted by Crippen LogP contribution is -2.40. The fourth-order valence-corrected chi connectivity index (χ4v) is 6.24. The Hall–Kier alpha value is -4.23. The van der Waals surface area contributed by atoms with Gasteiger partial charge in [0.25, 0.3) is 11.5 Å². The number of allylic oxidation sites excluding steroid dienone is 1. The van der Waals surface area contributed by atoms with Crippen LogP contribution in [-0.4, -0.2) is 23.6 Å². The first kappa shape index (κ1) is 24.1. The molecule has 3 aromatic carbocycles. The van der Waals surface area contributed by atoms with Gasteiger partial charge in [-0.2, -0.15) is 0 Å². The van der Waals surface area contributed by atoms with Gasteiger partial charge in [0.2, 0.25) is 0 Å². The van der Waals surface area contributed by atoms with Crippen LogP contribution in [0.1, 0.15) is 36.9 Å². The van der Waals surface area contributed by atoms with Crippen molar-refractivity contribution in [3.05, 3.63) is 127 Å². The zero-order valence-electron chi connectivity index (χ0n) is 21.1. The Bertz CT molecular complexity index is 1680. The summed E-state index contributed by atoms with van der Waals surface area (Å²) in [5, 5.41) is 2.99. The fraction of sp³-hybridized carbons (Fsp3) is 0.194. The van der Waals surface area contributed by atoms with E-state index in [2.05, 4.69) is 34.5 Å². The summed E-state index contributed by atoms with van der Waals surface area (Å²) in [6.07, 6.45) is 4.38. The number of rotatable bonds is 5. The molecule has 1 saturated heterocycles. The number of carbonyl (C=O) groups excluding carboxylic acids is 1. The van der Waals surface area contributed by atoms with E-state index in [1.54, 1.807) is 4.57 Å². The van der Waals surface area contributed by atoms with E-state index in [4.69, 9.17) is 4.99 Å². The Balaban J connectivity index is 1.42. The number of para-hydroxylation sites is 1. The van der Waals surface area contributed by atoms with E-state index in [9.17, 15) is 9.59 Å². The summed E-state index contributed by atoms with van der Waals surface area (Å²) in [6.45, 7) is 4.03. The van der Waals surface area contributed by atoms with Crippen molar-refractivity contribution in [3.63, 3.8) is 0 Å². The molecule has 0 radical (unpaired) electrons. The molecule has 4 aromatic rings. The first-order chi connectivity index (χ1) is 18.6. The lowest BCUT2D eigenvalue weighted by Gasteiger charge is -2.25. The molecule has 0 aliphatic carbocycles. The van der Waals surface area contributed by atoms with Crippen LogP contribution < -0.4 is 25.1 Å². The van der Waals surface area contributed by atoms with Crippen molar-refractivity contribution >= 4 is 34.7 Å². The van der Waals surface area contributed by atoms with Gasteiger partial charge in [0.15, 0.2) is 4.80 Å². The maximum absolute atomic E-state index is 13.8. The molecule has 1 amide bonds. The van der Waals surface area contributed by atoms with E-state index in [1.165, 1.54) is 29.9 Å². The second-order valence-corrected chi connectivity index (χ2v) is 10.6. The van der Waals surface area contributed by atoms with Gasteiger partial charge in [-0.3, -0.25) is 14.2 Å². The summed E-state index contributed by atoms with van der Waals surface area (Å²) >= 11 is 1.36. The van der Waals surface area contributed by atoms with E-state index >= 15 is 0 Å². The number of aromatic nitrogens is 1. The molecule has 2 aliphatic heterocycles. The van der Waals surface area contributed by atoms with Gasteiger partial charge >= 0.3 is 0 Å². The van der Waals surface area contributed by atoms with Crippen LogP contribution in [-0.2, 0) is 4.79 Å². The summed E-state index contributed by atoms with van der Waals surface area (Å²) in [4.78, 5) is 35.1. The van der Waals surface area contributed by atoms with Crippen molar-refractivity contribution in [1.82, 2.24) is 4.57 Å². The van der Waals surface area contributed by atoms with Gasteiger partial charge in [-0.1, -0.05) is 72.0 Å². The minimum Gasteiger partial charge on any atom is -0.372 e. The predicted molar refractivity (Wildman–Crippen MR) is 153 cm³/mol. The Morgan fingerprint density at radius 2 is 1.61 bits per heavy atom. The van der Waals surface area contributed by atoms with Gasteiger partial charge in [0.05, 0.1) is 21.8 Å². The quantitative estimate of drug-likeness (QED) is 0.422. The van der Waals surface area contributed by atoms with Crippen LogP contribution in [0.4, 0.5) is 11.4 Å². The van der Waals surface area contributed by atoms with Gasteiger partial charge in [-0.05, 0) is 61.2 Å². The maximum atomic E-state index is 13.8. The maximum Gasteiger partial charge on any atom is 0.271 e. The molecular weight excluding hydrogens is 492 g/mol. The third-order valence-corrected chi connectivity index (χ3v) is 8.06. The molecule has 0 bridgehead atoms. The third-order valence-electron chi connectivity index (χ3n) is 7.08. The summed E-state index contributed by atoms with van der Waals surface area (Å²) in [7, 11) is 0. The fourth-order valence-electron chi connectivity index (χ4n) is 5.19. The molecule has 6 rings (SSSR count). The third kappa shape index (κ3) is 4.61. The predicted octanol–water partition coefficient (Wildman–Crippen LogP) is 4.47. The van der Waals surface area contributed by atoms with Crippen LogP contribution in [0, 0.1) is 0 Å². The number of hydrogen-bond acceptors (Lipinski definition) is 5. The molecule has 38 heavy (non-hydrogen) atoms. The van der Waals surface area contributed by atoms with E-state index in [1.807, 2.05) is 73.7 Å². The minimum atomic E-state index is -0.573. The van der Waals surface area contributed by atoms with Crippen molar-refractivity contribution in [2.75, 3.05) is 23.3 Å². The molecule has 3 heterocycles. The lowest BCUT2D eigenvalue weighted by atomic mass is 9.95. The average Bonchev–Trinajstić information content (AvgIpc) is 3.58. The van der Waals surface area contributed by atoms with E-state index in [0.29, 0.717) is 26.3 Å². The molecular formula is C31H28N4O2S. The lowest BCUT2D eigenvalue weighted by molar-refractivity contribution is -0.113. The first-order valence-electron chi connectivity index (χ1n) is 12.9. The molecule has 0 saturated carbocycles. The highest BCUT2D eigenvalue weighted by atomic mass is 32.1.